The van der Waals surface area contributed by atoms with Crippen molar-refractivity contribution in [2.45, 2.75) is 32.9 Å². The Hall–Kier alpha value is -0.300. The van der Waals surface area contributed by atoms with Crippen molar-refractivity contribution >= 4 is 22.1 Å². The Morgan fingerprint density at radius 3 is 2.74 bits per heavy atom. The molecule has 0 radical (unpaired) electrons. The zero-order chi connectivity index (χ0) is 13.9. The maximum Gasteiger partial charge on any atom is 0.107 e. The summed E-state index contributed by atoms with van der Waals surface area (Å²) in [6.07, 6.45) is 0. The highest BCUT2D eigenvalue weighted by Gasteiger charge is 2.29. The van der Waals surface area contributed by atoms with E-state index in [4.69, 9.17) is 0 Å². The highest BCUT2D eigenvalue weighted by molar-refractivity contribution is 7.85. The Balaban J connectivity index is 1.78. The Morgan fingerprint density at radius 2 is 2.16 bits per heavy atom. The molecule has 0 aromatic carbocycles. The van der Waals surface area contributed by atoms with E-state index in [1.54, 1.807) is 11.3 Å². The second kappa shape index (κ2) is 6.43. The molecule has 0 unspecified atom stereocenters. The van der Waals surface area contributed by atoms with Crippen LogP contribution in [-0.4, -0.2) is 50.8 Å². The van der Waals surface area contributed by atoms with E-state index in [2.05, 4.69) is 34.4 Å². The first-order valence-electron chi connectivity index (χ1n) is 6.69. The van der Waals surface area contributed by atoms with Gasteiger partial charge in [0, 0.05) is 65.1 Å². The molecule has 0 aliphatic carbocycles. The smallest absolute Gasteiger partial charge is 0.107 e. The van der Waals surface area contributed by atoms with Gasteiger partial charge in [-0.15, -0.1) is 11.3 Å². The van der Waals surface area contributed by atoms with Crippen LogP contribution < -0.4 is 5.32 Å². The molecule has 0 amide bonds. The van der Waals surface area contributed by atoms with Crippen molar-refractivity contribution in [1.82, 2.24) is 15.2 Å². The lowest BCUT2D eigenvalue weighted by atomic mass is 10.0. The first kappa shape index (κ1) is 15.1. The third-order valence-electron chi connectivity index (χ3n) is 3.53. The monoisotopic (exact) mass is 301 g/mol. The van der Waals surface area contributed by atoms with E-state index in [1.165, 1.54) is 0 Å². The summed E-state index contributed by atoms with van der Waals surface area (Å²) in [7, 11) is -0.599. The summed E-state index contributed by atoms with van der Waals surface area (Å²) < 4.78 is 11.4. The zero-order valence-electron chi connectivity index (χ0n) is 11.9. The molecule has 2 heterocycles. The SMILES string of the molecule is Cc1csc(CNCC(C)(C)N2CCS(=O)CC2)n1. The van der Waals surface area contributed by atoms with Crippen LogP contribution in [0.25, 0.3) is 0 Å². The quantitative estimate of drug-likeness (QED) is 0.892. The molecule has 4 nitrogen and oxygen atoms in total. The minimum Gasteiger partial charge on any atom is -0.309 e. The van der Waals surface area contributed by atoms with E-state index in [0.29, 0.717) is 0 Å². The summed E-state index contributed by atoms with van der Waals surface area (Å²) in [6, 6.07) is 0. The third kappa shape index (κ3) is 4.34. The highest BCUT2D eigenvalue weighted by atomic mass is 32.2. The average molecular weight is 301 g/mol. The Labute approximate surface area is 122 Å². The number of rotatable bonds is 5. The third-order valence-corrected chi connectivity index (χ3v) is 5.78. The van der Waals surface area contributed by atoms with Gasteiger partial charge in [-0.25, -0.2) is 4.98 Å². The molecule has 108 valence electrons. The summed E-state index contributed by atoms with van der Waals surface area (Å²) in [5.41, 5.74) is 1.20. The predicted octanol–water partition coefficient (Wildman–Crippen LogP) is 1.38. The van der Waals surface area contributed by atoms with E-state index >= 15 is 0 Å². The summed E-state index contributed by atoms with van der Waals surface area (Å²) in [5, 5.41) is 6.73. The van der Waals surface area contributed by atoms with E-state index in [0.717, 1.165) is 48.4 Å². The van der Waals surface area contributed by atoms with Crippen molar-refractivity contribution in [1.29, 1.82) is 0 Å². The summed E-state index contributed by atoms with van der Waals surface area (Å²) in [4.78, 5) is 6.89. The summed E-state index contributed by atoms with van der Waals surface area (Å²) >= 11 is 1.71. The standard InChI is InChI=1S/C13H23N3OS2/c1-11-9-18-12(15-11)8-14-10-13(2,3)16-4-6-19(17)7-5-16/h9,14H,4-8,10H2,1-3H3. The molecule has 1 aliphatic heterocycles. The molecule has 1 aliphatic rings. The highest BCUT2D eigenvalue weighted by Crippen LogP contribution is 2.16. The van der Waals surface area contributed by atoms with Gasteiger partial charge in [-0.3, -0.25) is 9.11 Å². The Morgan fingerprint density at radius 1 is 1.47 bits per heavy atom. The number of hydrogen-bond acceptors (Lipinski definition) is 5. The lowest BCUT2D eigenvalue weighted by Gasteiger charge is -2.40. The van der Waals surface area contributed by atoms with Gasteiger partial charge >= 0.3 is 0 Å². The van der Waals surface area contributed by atoms with Crippen molar-refractivity contribution in [3.05, 3.63) is 16.1 Å². The maximum absolute atomic E-state index is 11.4. The molecule has 1 saturated heterocycles. The fourth-order valence-electron chi connectivity index (χ4n) is 2.31. The van der Waals surface area contributed by atoms with Crippen LogP contribution in [0.15, 0.2) is 5.38 Å². The normalized spacial score (nSPS) is 18.9. The van der Waals surface area contributed by atoms with Gasteiger partial charge in [0.2, 0.25) is 0 Å². The van der Waals surface area contributed by atoms with E-state index in [9.17, 15) is 4.21 Å². The summed E-state index contributed by atoms with van der Waals surface area (Å²) in [5.74, 6) is 1.63. The average Bonchev–Trinajstić information content (AvgIpc) is 2.75. The summed E-state index contributed by atoms with van der Waals surface area (Å²) in [6.45, 7) is 10.2. The van der Waals surface area contributed by atoms with Gasteiger partial charge in [0.25, 0.3) is 0 Å². The van der Waals surface area contributed by atoms with Crippen LogP contribution in [0.5, 0.6) is 0 Å². The molecule has 0 atom stereocenters. The molecular formula is C13H23N3OS2. The Kier molecular flexibility index (Phi) is 5.11. The predicted molar refractivity (Wildman–Crippen MR) is 82.1 cm³/mol. The van der Waals surface area contributed by atoms with Gasteiger partial charge < -0.3 is 5.32 Å². The van der Waals surface area contributed by atoms with Gasteiger partial charge in [0.1, 0.15) is 5.01 Å². The van der Waals surface area contributed by atoms with Crippen molar-refractivity contribution in [3.8, 4) is 0 Å². The first-order chi connectivity index (χ1) is 8.97. The molecule has 0 spiro atoms. The molecule has 1 fully saturated rings. The molecule has 0 saturated carbocycles. The minimum absolute atomic E-state index is 0.108. The van der Waals surface area contributed by atoms with Gasteiger partial charge in [-0.05, 0) is 20.8 Å². The van der Waals surface area contributed by atoms with Crippen LogP contribution in [0.1, 0.15) is 24.5 Å². The number of thiazole rings is 1. The van der Waals surface area contributed by atoms with Crippen molar-refractivity contribution in [2.75, 3.05) is 31.1 Å². The van der Waals surface area contributed by atoms with Gasteiger partial charge in [-0.2, -0.15) is 0 Å². The molecule has 2 rings (SSSR count). The molecule has 1 N–H and O–H groups in total. The lowest BCUT2D eigenvalue weighted by molar-refractivity contribution is 0.130. The second-order valence-corrected chi connectivity index (χ2v) is 8.27. The van der Waals surface area contributed by atoms with Gasteiger partial charge in [0.15, 0.2) is 0 Å². The lowest BCUT2D eigenvalue weighted by Crippen LogP contribution is -2.55. The second-order valence-electron chi connectivity index (χ2n) is 5.63. The molecule has 0 bridgehead atoms. The van der Waals surface area contributed by atoms with Gasteiger partial charge in [0.05, 0.1) is 0 Å². The van der Waals surface area contributed by atoms with Crippen LogP contribution >= 0.6 is 11.3 Å². The van der Waals surface area contributed by atoms with Crippen LogP contribution in [0.4, 0.5) is 0 Å². The van der Waals surface area contributed by atoms with Crippen molar-refractivity contribution < 1.29 is 4.21 Å². The molecular weight excluding hydrogens is 278 g/mol. The number of nitrogens with zero attached hydrogens (tertiary/aromatic N) is 2. The van der Waals surface area contributed by atoms with Crippen LogP contribution in [0.3, 0.4) is 0 Å². The minimum atomic E-state index is -0.599. The first-order valence-corrected chi connectivity index (χ1v) is 9.06. The fourth-order valence-corrected chi connectivity index (χ4v) is 4.11. The molecule has 1 aromatic heterocycles. The molecule has 6 heteroatoms. The Bertz CT molecular complexity index is 435. The number of aromatic nitrogens is 1. The number of nitrogens with one attached hydrogen (secondary N) is 1. The van der Waals surface area contributed by atoms with Crippen molar-refractivity contribution in [2.24, 2.45) is 0 Å². The number of hydrogen-bond donors (Lipinski definition) is 1. The zero-order valence-corrected chi connectivity index (χ0v) is 13.6. The number of aryl methyl sites for hydroxylation is 1. The maximum atomic E-state index is 11.4. The topological polar surface area (TPSA) is 45.2 Å². The van der Waals surface area contributed by atoms with Crippen LogP contribution in [0.2, 0.25) is 0 Å². The molecule has 1 aromatic rings. The fraction of sp³-hybridized carbons (Fsp3) is 0.769. The van der Waals surface area contributed by atoms with Gasteiger partial charge in [-0.1, -0.05) is 0 Å². The largest absolute Gasteiger partial charge is 0.309 e. The van der Waals surface area contributed by atoms with E-state index < -0.39 is 10.8 Å². The molecule has 19 heavy (non-hydrogen) atoms. The van der Waals surface area contributed by atoms with Crippen LogP contribution in [-0.2, 0) is 17.3 Å². The van der Waals surface area contributed by atoms with E-state index in [-0.39, 0.29) is 5.54 Å². The van der Waals surface area contributed by atoms with Crippen molar-refractivity contribution in [3.63, 3.8) is 0 Å². The van der Waals surface area contributed by atoms with Crippen LogP contribution in [0, 0.1) is 6.92 Å². The van der Waals surface area contributed by atoms with E-state index in [1.807, 2.05) is 6.92 Å².